The van der Waals surface area contributed by atoms with E-state index in [0.29, 0.717) is 5.92 Å². The number of aromatic nitrogens is 2. The molecular weight excluding hydrogens is 224 g/mol. The third-order valence-electron chi connectivity index (χ3n) is 2.70. The first kappa shape index (κ1) is 12.4. The summed E-state index contributed by atoms with van der Waals surface area (Å²) < 4.78 is 0. The first-order valence-electron chi connectivity index (χ1n) is 6.03. The Morgan fingerprint density at radius 2 is 1.94 bits per heavy atom. The zero-order chi connectivity index (χ0) is 13.1. The second-order valence-electron chi connectivity index (χ2n) is 4.66. The maximum absolute atomic E-state index is 5.63. The van der Waals surface area contributed by atoms with Crippen LogP contribution in [0.3, 0.4) is 0 Å². The Kier molecular flexibility index (Phi) is 3.46. The Balaban J connectivity index is 2.25. The van der Waals surface area contributed by atoms with Crippen molar-refractivity contribution in [3.05, 3.63) is 41.6 Å². The van der Waals surface area contributed by atoms with Gasteiger partial charge in [0.2, 0.25) is 5.95 Å². The van der Waals surface area contributed by atoms with Crippen LogP contribution in [0.4, 0.5) is 17.5 Å². The molecular formula is C14H18N4. The number of rotatable bonds is 3. The highest BCUT2D eigenvalue weighted by molar-refractivity contribution is 5.58. The number of nitrogen functional groups attached to an aromatic ring is 1. The molecule has 2 rings (SSSR count). The fraction of sp³-hybridized carbons (Fsp3) is 0.286. The summed E-state index contributed by atoms with van der Waals surface area (Å²) in [4.78, 5) is 8.21. The van der Waals surface area contributed by atoms with Crippen LogP contribution in [0.15, 0.2) is 30.3 Å². The van der Waals surface area contributed by atoms with E-state index in [0.717, 1.165) is 17.2 Å². The van der Waals surface area contributed by atoms with Gasteiger partial charge in [-0.1, -0.05) is 26.0 Å². The highest BCUT2D eigenvalue weighted by Crippen LogP contribution is 2.21. The van der Waals surface area contributed by atoms with Crippen molar-refractivity contribution in [2.24, 2.45) is 0 Å². The fourth-order valence-electron chi connectivity index (χ4n) is 1.78. The number of hydrogen-bond acceptors (Lipinski definition) is 4. The first-order chi connectivity index (χ1) is 8.54. The molecule has 0 aliphatic heterocycles. The molecule has 0 spiro atoms. The average Bonchev–Trinajstić information content (AvgIpc) is 2.27. The summed E-state index contributed by atoms with van der Waals surface area (Å²) in [7, 11) is 0. The molecule has 0 fully saturated rings. The third kappa shape index (κ3) is 2.97. The Hall–Kier alpha value is -2.10. The van der Waals surface area contributed by atoms with Gasteiger partial charge in [-0.15, -0.1) is 0 Å². The van der Waals surface area contributed by atoms with E-state index in [1.54, 1.807) is 0 Å². The maximum atomic E-state index is 5.63. The molecule has 94 valence electrons. The summed E-state index contributed by atoms with van der Waals surface area (Å²) in [6, 6.07) is 10.2. The second kappa shape index (κ2) is 5.04. The normalized spacial score (nSPS) is 10.7. The zero-order valence-corrected chi connectivity index (χ0v) is 10.9. The molecule has 3 N–H and O–H groups in total. The molecule has 1 aromatic heterocycles. The predicted molar refractivity (Wildman–Crippen MR) is 75.0 cm³/mol. The molecule has 4 heteroatoms. The lowest BCUT2D eigenvalue weighted by molar-refractivity contribution is 0.867. The smallest absolute Gasteiger partial charge is 0.222 e. The number of anilines is 3. The van der Waals surface area contributed by atoms with Crippen molar-refractivity contribution in [1.29, 1.82) is 0 Å². The molecule has 0 saturated heterocycles. The number of aryl methyl sites for hydroxylation is 1. The third-order valence-corrected chi connectivity index (χ3v) is 2.70. The minimum Gasteiger partial charge on any atom is -0.368 e. The Labute approximate surface area is 107 Å². The summed E-state index contributed by atoms with van der Waals surface area (Å²) >= 11 is 0. The van der Waals surface area contributed by atoms with Gasteiger partial charge >= 0.3 is 0 Å². The number of nitrogens with two attached hydrogens (primary N) is 1. The number of nitrogens with zero attached hydrogens (tertiary/aromatic N) is 2. The van der Waals surface area contributed by atoms with Gasteiger partial charge in [-0.2, -0.15) is 4.98 Å². The highest BCUT2D eigenvalue weighted by Gasteiger charge is 2.03. The van der Waals surface area contributed by atoms with Gasteiger partial charge in [-0.05, 0) is 30.5 Å². The zero-order valence-electron chi connectivity index (χ0n) is 10.9. The minimum absolute atomic E-state index is 0.289. The molecule has 0 radical (unpaired) electrons. The molecule has 0 unspecified atom stereocenters. The van der Waals surface area contributed by atoms with Crippen LogP contribution in [0.25, 0.3) is 0 Å². The average molecular weight is 242 g/mol. The summed E-state index contributed by atoms with van der Waals surface area (Å²) in [5.74, 6) is 1.52. The lowest BCUT2D eigenvalue weighted by Gasteiger charge is -2.10. The van der Waals surface area contributed by atoms with Crippen LogP contribution in [0.5, 0.6) is 0 Å². The predicted octanol–water partition coefficient (Wildman–Crippen LogP) is 3.23. The quantitative estimate of drug-likeness (QED) is 0.867. The number of benzene rings is 1. The second-order valence-corrected chi connectivity index (χ2v) is 4.66. The lowest BCUT2D eigenvalue weighted by Crippen LogP contribution is -2.01. The van der Waals surface area contributed by atoms with Crippen LogP contribution < -0.4 is 11.1 Å². The largest absolute Gasteiger partial charge is 0.368 e. The van der Waals surface area contributed by atoms with Crippen molar-refractivity contribution in [2.75, 3.05) is 11.1 Å². The molecule has 0 atom stereocenters. The van der Waals surface area contributed by atoms with Gasteiger partial charge in [0.05, 0.1) is 0 Å². The van der Waals surface area contributed by atoms with Crippen molar-refractivity contribution in [1.82, 2.24) is 9.97 Å². The molecule has 0 aliphatic carbocycles. The summed E-state index contributed by atoms with van der Waals surface area (Å²) in [6.07, 6.45) is 0. The van der Waals surface area contributed by atoms with Crippen LogP contribution in [0.1, 0.15) is 31.0 Å². The van der Waals surface area contributed by atoms with Crippen LogP contribution in [-0.2, 0) is 0 Å². The Bertz CT molecular complexity index is 529. The molecule has 2 aromatic rings. The van der Waals surface area contributed by atoms with Gasteiger partial charge in [0.15, 0.2) is 0 Å². The highest BCUT2D eigenvalue weighted by atomic mass is 15.1. The van der Waals surface area contributed by atoms with Crippen LogP contribution in [0.2, 0.25) is 0 Å². The number of hydrogen-bond donors (Lipinski definition) is 2. The van der Waals surface area contributed by atoms with Gasteiger partial charge in [-0.25, -0.2) is 4.98 Å². The lowest BCUT2D eigenvalue weighted by atomic mass is 10.0. The van der Waals surface area contributed by atoms with Crippen LogP contribution >= 0.6 is 0 Å². The molecule has 0 saturated carbocycles. The van der Waals surface area contributed by atoms with Crippen molar-refractivity contribution >= 4 is 17.5 Å². The first-order valence-corrected chi connectivity index (χ1v) is 6.03. The molecule has 1 heterocycles. The van der Waals surface area contributed by atoms with Crippen molar-refractivity contribution in [2.45, 2.75) is 26.7 Å². The molecule has 1 aromatic carbocycles. The summed E-state index contributed by atoms with van der Waals surface area (Å²) in [6.45, 7) is 6.24. The van der Waals surface area contributed by atoms with Gasteiger partial charge in [0, 0.05) is 17.4 Å². The van der Waals surface area contributed by atoms with E-state index in [9.17, 15) is 0 Å². The van der Waals surface area contributed by atoms with Gasteiger partial charge in [0.1, 0.15) is 5.82 Å². The molecule has 4 nitrogen and oxygen atoms in total. The molecule has 0 amide bonds. The van der Waals surface area contributed by atoms with Crippen LogP contribution in [-0.4, -0.2) is 9.97 Å². The Morgan fingerprint density at radius 3 is 2.61 bits per heavy atom. The van der Waals surface area contributed by atoms with Gasteiger partial charge in [-0.3, -0.25) is 0 Å². The minimum atomic E-state index is 0.289. The van der Waals surface area contributed by atoms with E-state index >= 15 is 0 Å². The van der Waals surface area contributed by atoms with Crippen molar-refractivity contribution in [3.63, 3.8) is 0 Å². The van der Waals surface area contributed by atoms with E-state index in [2.05, 4.69) is 41.3 Å². The summed E-state index contributed by atoms with van der Waals surface area (Å²) in [5, 5.41) is 3.25. The standard InChI is InChI=1S/C14H18N4/c1-9(2)11-5-4-6-12(8-11)17-13-7-10(3)16-14(15)18-13/h4-9H,1-3H3,(H3,15,16,17,18). The molecule has 0 bridgehead atoms. The van der Waals surface area contributed by atoms with Crippen molar-refractivity contribution < 1.29 is 0 Å². The Morgan fingerprint density at radius 1 is 1.17 bits per heavy atom. The molecule has 18 heavy (non-hydrogen) atoms. The SMILES string of the molecule is Cc1cc(Nc2cccc(C(C)C)c2)nc(N)n1. The summed E-state index contributed by atoms with van der Waals surface area (Å²) in [5.41, 5.74) is 8.78. The molecule has 0 aliphatic rings. The van der Waals surface area contributed by atoms with E-state index in [-0.39, 0.29) is 5.95 Å². The van der Waals surface area contributed by atoms with E-state index in [1.165, 1.54) is 5.56 Å². The van der Waals surface area contributed by atoms with Gasteiger partial charge in [0.25, 0.3) is 0 Å². The van der Waals surface area contributed by atoms with E-state index < -0.39 is 0 Å². The number of nitrogens with one attached hydrogen (secondary N) is 1. The monoisotopic (exact) mass is 242 g/mol. The van der Waals surface area contributed by atoms with Crippen LogP contribution in [0, 0.1) is 6.92 Å². The van der Waals surface area contributed by atoms with Crippen molar-refractivity contribution in [3.8, 4) is 0 Å². The topological polar surface area (TPSA) is 63.8 Å². The maximum Gasteiger partial charge on any atom is 0.222 e. The van der Waals surface area contributed by atoms with Gasteiger partial charge < -0.3 is 11.1 Å². The van der Waals surface area contributed by atoms with E-state index in [4.69, 9.17) is 5.73 Å². The fourth-order valence-corrected chi connectivity index (χ4v) is 1.78. The van der Waals surface area contributed by atoms with E-state index in [1.807, 2.05) is 25.1 Å².